The molecule has 0 aromatic heterocycles. The topological polar surface area (TPSA) is 3.24 Å². The van der Waals surface area contributed by atoms with Crippen LogP contribution in [0.3, 0.4) is 0 Å². The number of likely N-dealkylation sites (N-methyl/N-ethyl adjacent to an activating group) is 1. The highest BCUT2D eigenvalue weighted by Crippen LogP contribution is 2.20. The van der Waals surface area contributed by atoms with Crippen molar-refractivity contribution in [2.45, 2.75) is 19.9 Å². The van der Waals surface area contributed by atoms with Crippen molar-refractivity contribution >= 4 is 0 Å². The summed E-state index contributed by atoms with van der Waals surface area (Å²) in [6, 6.07) is 5.38. The Morgan fingerprint density at radius 1 is 1.46 bits per heavy atom. The molecule has 1 aliphatic heterocycles. The Bertz CT molecular complexity index is 309. The van der Waals surface area contributed by atoms with E-state index in [-0.39, 0.29) is 5.82 Å². The molecule has 0 saturated carbocycles. The summed E-state index contributed by atoms with van der Waals surface area (Å²) in [4.78, 5) is 2.34. The molecular weight excluding hydrogens is 165 g/mol. The van der Waals surface area contributed by atoms with E-state index in [9.17, 15) is 4.39 Å². The predicted molar refractivity (Wildman–Crippen MR) is 51.1 cm³/mol. The molecule has 0 amide bonds. The predicted octanol–water partition coefficient (Wildman–Crippen LogP) is 2.20. The molecule has 2 heteroatoms. The maximum atomic E-state index is 13.3. The molecule has 0 spiro atoms. The van der Waals surface area contributed by atoms with Crippen molar-refractivity contribution in [2.24, 2.45) is 0 Å². The van der Waals surface area contributed by atoms with Gasteiger partial charge in [-0.2, -0.15) is 0 Å². The lowest BCUT2D eigenvalue weighted by Gasteiger charge is -2.27. The van der Waals surface area contributed by atoms with Crippen LogP contribution < -0.4 is 0 Å². The van der Waals surface area contributed by atoms with Crippen molar-refractivity contribution in [3.05, 3.63) is 35.1 Å². The van der Waals surface area contributed by atoms with E-state index in [1.807, 2.05) is 6.07 Å². The summed E-state index contributed by atoms with van der Waals surface area (Å²) in [6.45, 7) is 5.09. The van der Waals surface area contributed by atoms with E-state index in [1.54, 1.807) is 12.1 Å². The van der Waals surface area contributed by atoms with Gasteiger partial charge in [0, 0.05) is 13.1 Å². The fraction of sp³-hybridized carbons (Fsp3) is 0.455. The highest BCUT2D eigenvalue weighted by molar-refractivity contribution is 5.30. The van der Waals surface area contributed by atoms with Crippen LogP contribution in [0.25, 0.3) is 0 Å². The first kappa shape index (κ1) is 8.70. The first-order valence-corrected chi connectivity index (χ1v) is 4.80. The van der Waals surface area contributed by atoms with Crippen LogP contribution in [0.5, 0.6) is 0 Å². The quantitative estimate of drug-likeness (QED) is 0.639. The van der Waals surface area contributed by atoms with Gasteiger partial charge < -0.3 is 0 Å². The summed E-state index contributed by atoms with van der Waals surface area (Å²) in [5.41, 5.74) is 2.08. The molecule has 1 heterocycles. The molecule has 13 heavy (non-hydrogen) atoms. The Kier molecular flexibility index (Phi) is 2.32. The second-order valence-electron chi connectivity index (χ2n) is 3.50. The van der Waals surface area contributed by atoms with E-state index in [2.05, 4.69) is 11.8 Å². The smallest absolute Gasteiger partial charge is 0.126 e. The second-order valence-corrected chi connectivity index (χ2v) is 3.50. The number of fused-ring (bicyclic) bond motifs is 1. The van der Waals surface area contributed by atoms with Crippen molar-refractivity contribution in [1.29, 1.82) is 0 Å². The van der Waals surface area contributed by atoms with Crippen molar-refractivity contribution in [1.82, 2.24) is 4.90 Å². The Balaban J connectivity index is 2.31. The second kappa shape index (κ2) is 3.46. The van der Waals surface area contributed by atoms with E-state index in [0.29, 0.717) is 0 Å². The lowest BCUT2D eigenvalue weighted by Crippen LogP contribution is -2.30. The zero-order valence-electron chi connectivity index (χ0n) is 7.89. The maximum Gasteiger partial charge on any atom is 0.126 e. The van der Waals surface area contributed by atoms with Crippen molar-refractivity contribution in [3.8, 4) is 0 Å². The largest absolute Gasteiger partial charge is 0.299 e. The van der Waals surface area contributed by atoms with Crippen LogP contribution in [-0.2, 0) is 13.0 Å². The number of hydrogen-bond acceptors (Lipinski definition) is 1. The molecule has 0 bridgehead atoms. The fourth-order valence-corrected chi connectivity index (χ4v) is 1.89. The zero-order chi connectivity index (χ0) is 9.26. The first-order chi connectivity index (χ1) is 6.31. The lowest BCUT2D eigenvalue weighted by atomic mass is 9.99. The van der Waals surface area contributed by atoms with Crippen LogP contribution in [0.4, 0.5) is 4.39 Å². The molecule has 0 unspecified atom stereocenters. The minimum atomic E-state index is -0.0340. The van der Waals surface area contributed by atoms with Crippen molar-refractivity contribution < 1.29 is 4.39 Å². The van der Waals surface area contributed by atoms with E-state index < -0.39 is 0 Å². The van der Waals surface area contributed by atoms with Gasteiger partial charge in [-0.05, 0) is 30.2 Å². The molecule has 1 aliphatic rings. The van der Waals surface area contributed by atoms with Crippen LogP contribution in [-0.4, -0.2) is 18.0 Å². The third-order valence-electron chi connectivity index (χ3n) is 2.74. The monoisotopic (exact) mass is 179 g/mol. The molecule has 0 radical (unpaired) electrons. The maximum absolute atomic E-state index is 13.3. The molecule has 0 aliphatic carbocycles. The molecule has 0 N–H and O–H groups in total. The highest BCUT2D eigenvalue weighted by atomic mass is 19.1. The zero-order valence-corrected chi connectivity index (χ0v) is 7.89. The minimum absolute atomic E-state index is 0.0340. The molecule has 1 nitrogen and oxygen atoms in total. The van der Waals surface area contributed by atoms with Crippen molar-refractivity contribution in [2.75, 3.05) is 13.1 Å². The average Bonchev–Trinajstić information content (AvgIpc) is 2.18. The molecule has 0 fully saturated rings. The number of hydrogen-bond donors (Lipinski definition) is 0. The van der Waals surface area contributed by atoms with Gasteiger partial charge in [0.15, 0.2) is 0 Å². The molecule has 70 valence electrons. The SMILES string of the molecule is CCN1CCc2c(F)cccc2C1. The molecule has 0 atom stereocenters. The van der Waals surface area contributed by atoms with Crippen molar-refractivity contribution in [3.63, 3.8) is 0 Å². The summed E-state index contributed by atoms with van der Waals surface area (Å²) in [6.07, 6.45) is 0.857. The van der Waals surface area contributed by atoms with E-state index in [1.165, 1.54) is 0 Å². The Morgan fingerprint density at radius 3 is 3.08 bits per heavy atom. The standard InChI is InChI=1S/C11H14FN/c1-2-13-7-6-10-9(8-13)4-3-5-11(10)12/h3-5H,2,6-8H2,1H3. The van der Waals surface area contributed by atoms with Gasteiger partial charge in [-0.25, -0.2) is 4.39 Å². The molecule has 0 saturated heterocycles. The molecule has 1 aromatic carbocycles. The molecule has 2 rings (SSSR count). The molecular formula is C11H14FN. The van der Waals surface area contributed by atoms with Crippen LogP contribution in [0.2, 0.25) is 0 Å². The number of halogens is 1. The summed E-state index contributed by atoms with van der Waals surface area (Å²) in [5, 5.41) is 0. The Morgan fingerprint density at radius 2 is 2.31 bits per heavy atom. The highest BCUT2D eigenvalue weighted by Gasteiger charge is 2.16. The van der Waals surface area contributed by atoms with Crippen LogP contribution in [0, 0.1) is 5.82 Å². The van der Waals surface area contributed by atoms with Crippen LogP contribution in [0.15, 0.2) is 18.2 Å². The van der Waals surface area contributed by atoms with Gasteiger partial charge in [-0.1, -0.05) is 19.1 Å². The van der Waals surface area contributed by atoms with Crippen LogP contribution in [0.1, 0.15) is 18.1 Å². The van der Waals surface area contributed by atoms with E-state index in [0.717, 1.165) is 37.2 Å². The summed E-state index contributed by atoms with van der Waals surface area (Å²) in [7, 11) is 0. The van der Waals surface area contributed by atoms with Gasteiger partial charge in [0.2, 0.25) is 0 Å². The van der Waals surface area contributed by atoms with Gasteiger partial charge >= 0.3 is 0 Å². The Labute approximate surface area is 78.2 Å². The number of nitrogens with zero attached hydrogens (tertiary/aromatic N) is 1. The third kappa shape index (κ3) is 1.59. The van der Waals surface area contributed by atoms with Crippen LogP contribution >= 0.6 is 0 Å². The van der Waals surface area contributed by atoms with Gasteiger partial charge in [-0.3, -0.25) is 4.90 Å². The Hall–Kier alpha value is -0.890. The van der Waals surface area contributed by atoms with Gasteiger partial charge in [-0.15, -0.1) is 0 Å². The molecule has 1 aromatic rings. The number of rotatable bonds is 1. The normalized spacial score (nSPS) is 17.1. The lowest BCUT2D eigenvalue weighted by molar-refractivity contribution is 0.265. The van der Waals surface area contributed by atoms with E-state index in [4.69, 9.17) is 0 Å². The van der Waals surface area contributed by atoms with Gasteiger partial charge in [0.25, 0.3) is 0 Å². The van der Waals surface area contributed by atoms with Gasteiger partial charge in [0.05, 0.1) is 0 Å². The third-order valence-corrected chi connectivity index (χ3v) is 2.74. The summed E-state index contributed by atoms with van der Waals surface area (Å²) >= 11 is 0. The summed E-state index contributed by atoms with van der Waals surface area (Å²) in [5.74, 6) is -0.0340. The fourth-order valence-electron chi connectivity index (χ4n) is 1.89. The van der Waals surface area contributed by atoms with E-state index >= 15 is 0 Å². The number of benzene rings is 1. The average molecular weight is 179 g/mol. The summed E-state index contributed by atoms with van der Waals surface area (Å²) < 4.78 is 13.3. The first-order valence-electron chi connectivity index (χ1n) is 4.80. The minimum Gasteiger partial charge on any atom is -0.299 e. The van der Waals surface area contributed by atoms with Gasteiger partial charge in [0.1, 0.15) is 5.82 Å².